The van der Waals surface area contributed by atoms with Crippen LogP contribution in [0.1, 0.15) is 162 Å². The van der Waals surface area contributed by atoms with E-state index in [0.29, 0.717) is 11.5 Å². The van der Waals surface area contributed by atoms with Crippen LogP contribution in [-0.2, 0) is 0 Å². The third kappa shape index (κ3) is 23.8. The first-order valence-electron chi connectivity index (χ1n) is 14.7. The van der Waals surface area contributed by atoms with Gasteiger partial charge in [0.2, 0.25) is 0 Å². The number of rotatable bonds is 25. The number of hydrogen-bond acceptors (Lipinski definition) is 3. The summed E-state index contributed by atoms with van der Waals surface area (Å²) in [7, 11) is 0. The molecule has 0 saturated heterocycles. The van der Waals surface area contributed by atoms with Crippen LogP contribution in [0.25, 0.3) is 0 Å². The summed E-state index contributed by atoms with van der Waals surface area (Å²) in [6.07, 6.45) is 30.3. The van der Waals surface area contributed by atoms with Crippen molar-refractivity contribution in [2.75, 3.05) is 6.54 Å². The van der Waals surface area contributed by atoms with Gasteiger partial charge in [0.15, 0.2) is 0 Å². The molecule has 0 rings (SSSR count). The number of allylic oxidation sites excluding steroid dienone is 2. The van der Waals surface area contributed by atoms with Crippen molar-refractivity contribution in [1.82, 2.24) is 4.90 Å². The lowest BCUT2D eigenvalue weighted by Crippen LogP contribution is -2.14. The summed E-state index contributed by atoms with van der Waals surface area (Å²) in [5.74, 6) is 0.905. The number of aliphatic hydroxyl groups is 2. The maximum atomic E-state index is 10.5. The summed E-state index contributed by atoms with van der Waals surface area (Å²) in [5, 5.41) is 20.9. The molecule has 3 heteroatoms. The van der Waals surface area contributed by atoms with Crippen molar-refractivity contribution in [3.05, 3.63) is 23.9 Å². The zero-order chi connectivity index (χ0) is 24.4. The molecule has 0 atom stereocenters. The van der Waals surface area contributed by atoms with E-state index in [-0.39, 0.29) is 0 Å². The quantitative estimate of drug-likeness (QED) is 0.104. The van der Waals surface area contributed by atoms with Gasteiger partial charge in [-0.05, 0) is 19.3 Å². The van der Waals surface area contributed by atoms with Gasteiger partial charge in [0.25, 0.3) is 0 Å². The SMILES string of the molecule is CCCCCCCCCCN(C=C(O)CCCCCCCC)C=C(O)CCCCCCCC. The fraction of sp³-hybridized carbons (Fsp3) is 0.867. The van der Waals surface area contributed by atoms with Gasteiger partial charge in [0.05, 0.1) is 0 Å². The third-order valence-electron chi connectivity index (χ3n) is 6.47. The zero-order valence-electron chi connectivity index (χ0n) is 22.8. The summed E-state index contributed by atoms with van der Waals surface area (Å²) >= 11 is 0. The van der Waals surface area contributed by atoms with Crippen LogP contribution < -0.4 is 0 Å². The van der Waals surface area contributed by atoms with Crippen molar-refractivity contribution < 1.29 is 10.2 Å². The maximum Gasteiger partial charge on any atom is 0.108 e. The standard InChI is InChI=1S/C30H59NO2/c1-4-7-10-13-16-17-20-23-26-31(27-29(32)24-21-18-14-11-8-5-2)28-30(33)25-22-19-15-12-9-6-3/h27-28,32-33H,4-26H2,1-3H3. The second kappa shape index (κ2) is 25.5. The molecule has 0 radical (unpaired) electrons. The van der Waals surface area contributed by atoms with E-state index >= 15 is 0 Å². The smallest absolute Gasteiger partial charge is 0.108 e. The average Bonchev–Trinajstić information content (AvgIpc) is 2.80. The molecule has 33 heavy (non-hydrogen) atoms. The highest BCUT2D eigenvalue weighted by molar-refractivity contribution is 4.99. The second-order valence-electron chi connectivity index (χ2n) is 9.99. The molecule has 0 aromatic heterocycles. The summed E-state index contributed by atoms with van der Waals surface area (Å²) < 4.78 is 0. The molecule has 0 saturated carbocycles. The van der Waals surface area contributed by atoms with Crippen LogP contribution >= 0.6 is 0 Å². The number of unbranched alkanes of at least 4 members (excludes halogenated alkanes) is 17. The lowest BCUT2D eigenvalue weighted by molar-refractivity contribution is 0.334. The van der Waals surface area contributed by atoms with E-state index in [1.165, 1.54) is 109 Å². The first-order chi connectivity index (χ1) is 16.1. The van der Waals surface area contributed by atoms with Gasteiger partial charge in [-0.2, -0.15) is 0 Å². The van der Waals surface area contributed by atoms with Crippen LogP contribution in [0.5, 0.6) is 0 Å². The van der Waals surface area contributed by atoms with Crippen LogP contribution in [0.15, 0.2) is 23.9 Å². The Labute approximate surface area is 207 Å². The van der Waals surface area contributed by atoms with E-state index in [1.54, 1.807) is 0 Å². The van der Waals surface area contributed by atoms with Crippen molar-refractivity contribution in [3.8, 4) is 0 Å². The zero-order valence-corrected chi connectivity index (χ0v) is 22.8. The van der Waals surface area contributed by atoms with Crippen LogP contribution in [-0.4, -0.2) is 21.7 Å². The molecule has 0 aliphatic heterocycles. The molecule has 0 amide bonds. The Bertz CT molecular complexity index is 426. The summed E-state index contributed by atoms with van der Waals surface area (Å²) in [4.78, 5) is 2.04. The predicted molar refractivity (Wildman–Crippen MR) is 147 cm³/mol. The molecule has 3 nitrogen and oxygen atoms in total. The fourth-order valence-electron chi connectivity index (χ4n) is 4.28. The Morgan fingerprint density at radius 2 is 0.758 bits per heavy atom. The predicted octanol–water partition coefficient (Wildman–Crippen LogP) is 10.7. The largest absolute Gasteiger partial charge is 0.511 e. The molecule has 0 bridgehead atoms. The van der Waals surface area contributed by atoms with Crippen molar-refractivity contribution in [2.45, 2.75) is 162 Å². The molecule has 0 aliphatic rings. The normalized spacial score (nSPS) is 12.5. The molecular weight excluding hydrogens is 406 g/mol. The molecule has 0 fully saturated rings. The topological polar surface area (TPSA) is 43.7 Å². The number of aliphatic hydroxyl groups excluding tert-OH is 2. The Kier molecular flexibility index (Phi) is 24.6. The third-order valence-corrected chi connectivity index (χ3v) is 6.47. The first kappa shape index (κ1) is 31.9. The van der Waals surface area contributed by atoms with E-state index in [1.807, 2.05) is 17.3 Å². The van der Waals surface area contributed by atoms with Gasteiger partial charge in [-0.15, -0.1) is 0 Å². The van der Waals surface area contributed by atoms with E-state index < -0.39 is 0 Å². The van der Waals surface area contributed by atoms with Gasteiger partial charge in [-0.3, -0.25) is 0 Å². The average molecular weight is 466 g/mol. The van der Waals surface area contributed by atoms with E-state index in [9.17, 15) is 10.2 Å². The Morgan fingerprint density at radius 1 is 0.455 bits per heavy atom. The molecule has 2 N–H and O–H groups in total. The lowest BCUT2D eigenvalue weighted by atomic mass is 10.1. The molecule has 0 spiro atoms. The van der Waals surface area contributed by atoms with Gasteiger partial charge >= 0.3 is 0 Å². The maximum absolute atomic E-state index is 10.5. The number of hydrogen-bond donors (Lipinski definition) is 2. The summed E-state index contributed by atoms with van der Waals surface area (Å²) in [5.41, 5.74) is 0. The van der Waals surface area contributed by atoms with Crippen molar-refractivity contribution in [1.29, 1.82) is 0 Å². The molecule has 0 heterocycles. The van der Waals surface area contributed by atoms with Crippen LogP contribution in [0.4, 0.5) is 0 Å². The highest BCUT2D eigenvalue weighted by Gasteiger charge is 2.04. The van der Waals surface area contributed by atoms with Crippen molar-refractivity contribution in [2.24, 2.45) is 0 Å². The van der Waals surface area contributed by atoms with Gasteiger partial charge in [-0.1, -0.05) is 130 Å². The van der Waals surface area contributed by atoms with Gasteiger partial charge in [0.1, 0.15) is 11.5 Å². The lowest BCUT2D eigenvalue weighted by Gasteiger charge is -2.17. The number of nitrogens with zero attached hydrogens (tertiary/aromatic N) is 1. The minimum atomic E-state index is 0.452. The molecule has 0 aliphatic carbocycles. The Hall–Kier alpha value is -1.12. The summed E-state index contributed by atoms with van der Waals surface area (Å²) in [6.45, 7) is 7.62. The molecular formula is C30H59NO2. The van der Waals surface area contributed by atoms with Crippen molar-refractivity contribution in [3.63, 3.8) is 0 Å². The van der Waals surface area contributed by atoms with Gasteiger partial charge in [-0.25, -0.2) is 0 Å². The minimum Gasteiger partial charge on any atom is -0.511 e. The first-order valence-corrected chi connectivity index (χ1v) is 14.7. The molecule has 0 aromatic carbocycles. The fourth-order valence-corrected chi connectivity index (χ4v) is 4.28. The van der Waals surface area contributed by atoms with E-state index in [4.69, 9.17) is 0 Å². The van der Waals surface area contributed by atoms with E-state index in [2.05, 4.69) is 20.8 Å². The van der Waals surface area contributed by atoms with E-state index in [0.717, 1.165) is 38.6 Å². The Morgan fingerprint density at radius 3 is 1.12 bits per heavy atom. The summed E-state index contributed by atoms with van der Waals surface area (Å²) in [6, 6.07) is 0. The second-order valence-corrected chi connectivity index (χ2v) is 9.99. The van der Waals surface area contributed by atoms with Crippen LogP contribution in [0.3, 0.4) is 0 Å². The minimum absolute atomic E-state index is 0.452. The van der Waals surface area contributed by atoms with Crippen LogP contribution in [0.2, 0.25) is 0 Å². The highest BCUT2D eigenvalue weighted by atomic mass is 16.3. The van der Waals surface area contributed by atoms with Crippen molar-refractivity contribution >= 4 is 0 Å². The Balaban J connectivity index is 4.45. The highest BCUT2D eigenvalue weighted by Crippen LogP contribution is 2.15. The van der Waals surface area contributed by atoms with Crippen LogP contribution in [0, 0.1) is 0 Å². The monoisotopic (exact) mass is 465 g/mol. The van der Waals surface area contributed by atoms with Gasteiger partial charge < -0.3 is 15.1 Å². The molecule has 0 unspecified atom stereocenters. The van der Waals surface area contributed by atoms with Gasteiger partial charge in [0, 0.05) is 31.8 Å². The molecule has 0 aromatic rings. The molecule has 196 valence electrons.